The van der Waals surface area contributed by atoms with Gasteiger partial charge in [0.15, 0.2) is 5.82 Å². The van der Waals surface area contributed by atoms with Crippen LogP contribution in [0.1, 0.15) is 12.5 Å². The Labute approximate surface area is 161 Å². The minimum Gasteiger partial charge on any atom is -0.497 e. The molecular formula is C19H20F2N4OS. The fraction of sp³-hybridized carbons (Fsp3) is 0.263. The first-order chi connectivity index (χ1) is 13.0. The predicted molar refractivity (Wildman–Crippen MR) is 102 cm³/mol. The molecule has 0 unspecified atom stereocenters. The Morgan fingerprint density at radius 1 is 1.15 bits per heavy atom. The quantitative estimate of drug-likeness (QED) is 0.609. The van der Waals surface area contributed by atoms with Crippen LogP contribution >= 0.6 is 12.2 Å². The number of nitrogens with zero attached hydrogens (tertiary/aromatic N) is 3. The Bertz CT molecular complexity index is 948. The molecule has 0 bridgehead atoms. The molecule has 0 spiro atoms. The number of H-pyrrole nitrogens is 1. The molecule has 3 rings (SSSR count). The first-order valence-electron chi connectivity index (χ1n) is 8.48. The largest absolute Gasteiger partial charge is 0.497 e. The Kier molecular flexibility index (Phi) is 5.98. The number of rotatable bonds is 7. The second kappa shape index (κ2) is 8.41. The zero-order valence-corrected chi connectivity index (χ0v) is 15.9. The number of nitrogens with one attached hydrogen (secondary N) is 1. The van der Waals surface area contributed by atoms with E-state index >= 15 is 0 Å². The number of aromatic amines is 1. The summed E-state index contributed by atoms with van der Waals surface area (Å²) in [7, 11) is 1.61. The SMILES string of the molecule is CCN(Cc1c(F)cccc1F)Cn1[nH]c(-c2ccc(OC)cc2)nc1=S. The van der Waals surface area contributed by atoms with Crippen LogP contribution in [0.2, 0.25) is 0 Å². The van der Waals surface area contributed by atoms with Gasteiger partial charge in [-0.05, 0) is 55.2 Å². The zero-order chi connectivity index (χ0) is 19.4. The van der Waals surface area contributed by atoms with Gasteiger partial charge in [0.2, 0.25) is 4.77 Å². The average molecular weight is 390 g/mol. The van der Waals surface area contributed by atoms with E-state index in [0.717, 1.165) is 11.3 Å². The Morgan fingerprint density at radius 3 is 2.41 bits per heavy atom. The van der Waals surface area contributed by atoms with Crippen molar-refractivity contribution < 1.29 is 13.5 Å². The highest BCUT2D eigenvalue weighted by atomic mass is 32.1. The first-order valence-corrected chi connectivity index (χ1v) is 8.89. The Hall–Kier alpha value is -2.58. The van der Waals surface area contributed by atoms with Crippen molar-refractivity contribution in [3.8, 4) is 17.1 Å². The van der Waals surface area contributed by atoms with Crippen LogP contribution in [-0.4, -0.2) is 33.3 Å². The topological polar surface area (TPSA) is 46.1 Å². The molecule has 3 aromatic rings. The van der Waals surface area contributed by atoms with E-state index in [4.69, 9.17) is 17.0 Å². The normalized spacial score (nSPS) is 11.1. The molecule has 0 saturated heterocycles. The van der Waals surface area contributed by atoms with Gasteiger partial charge in [0, 0.05) is 17.7 Å². The molecule has 142 valence electrons. The minimum absolute atomic E-state index is 0.0424. The Balaban J connectivity index is 1.79. The second-order valence-corrected chi connectivity index (χ2v) is 6.36. The summed E-state index contributed by atoms with van der Waals surface area (Å²) >= 11 is 5.33. The van der Waals surface area contributed by atoms with E-state index in [2.05, 4.69) is 10.1 Å². The number of methoxy groups -OCH3 is 1. The summed E-state index contributed by atoms with van der Waals surface area (Å²) < 4.78 is 35.1. The molecule has 27 heavy (non-hydrogen) atoms. The van der Waals surface area contributed by atoms with Crippen LogP contribution in [0.5, 0.6) is 5.75 Å². The fourth-order valence-electron chi connectivity index (χ4n) is 2.70. The minimum atomic E-state index is -0.555. The molecule has 2 aromatic carbocycles. The maximum Gasteiger partial charge on any atom is 0.217 e. The summed E-state index contributed by atoms with van der Waals surface area (Å²) in [6, 6.07) is 11.3. The first kappa shape index (κ1) is 19.2. The van der Waals surface area contributed by atoms with Crippen molar-refractivity contribution in [1.82, 2.24) is 19.7 Å². The number of hydrogen-bond acceptors (Lipinski definition) is 4. The third-order valence-electron chi connectivity index (χ3n) is 4.27. The molecule has 5 nitrogen and oxygen atoms in total. The highest BCUT2D eigenvalue weighted by Crippen LogP contribution is 2.20. The number of benzene rings is 2. The number of hydrogen-bond donors (Lipinski definition) is 1. The van der Waals surface area contributed by atoms with Crippen LogP contribution in [0.25, 0.3) is 11.4 Å². The lowest BCUT2D eigenvalue weighted by atomic mass is 10.2. The van der Waals surface area contributed by atoms with E-state index in [1.807, 2.05) is 36.1 Å². The van der Waals surface area contributed by atoms with Crippen LogP contribution in [0.4, 0.5) is 8.78 Å². The molecule has 0 saturated carbocycles. The van der Waals surface area contributed by atoms with E-state index in [1.54, 1.807) is 11.8 Å². The molecule has 8 heteroatoms. The summed E-state index contributed by atoms with van der Waals surface area (Å²) in [5.74, 6) is 0.262. The molecule has 0 amide bonds. The van der Waals surface area contributed by atoms with Crippen molar-refractivity contribution >= 4 is 12.2 Å². The van der Waals surface area contributed by atoms with E-state index in [1.165, 1.54) is 18.2 Å². The van der Waals surface area contributed by atoms with Gasteiger partial charge in [0.25, 0.3) is 0 Å². The van der Waals surface area contributed by atoms with Gasteiger partial charge in [0.1, 0.15) is 17.4 Å². The summed E-state index contributed by atoms with van der Waals surface area (Å²) in [4.78, 5) is 6.24. The van der Waals surface area contributed by atoms with Gasteiger partial charge in [0.05, 0.1) is 13.8 Å². The van der Waals surface area contributed by atoms with Crippen molar-refractivity contribution in [2.75, 3.05) is 13.7 Å². The zero-order valence-electron chi connectivity index (χ0n) is 15.1. The molecular weight excluding hydrogens is 370 g/mol. The van der Waals surface area contributed by atoms with Gasteiger partial charge >= 0.3 is 0 Å². The van der Waals surface area contributed by atoms with Crippen LogP contribution < -0.4 is 4.74 Å². The monoisotopic (exact) mass is 390 g/mol. The third-order valence-corrected chi connectivity index (χ3v) is 4.59. The lowest BCUT2D eigenvalue weighted by molar-refractivity contribution is 0.202. The van der Waals surface area contributed by atoms with Gasteiger partial charge in [-0.3, -0.25) is 10.00 Å². The molecule has 1 N–H and O–H groups in total. The Morgan fingerprint density at radius 2 is 1.81 bits per heavy atom. The summed E-state index contributed by atoms with van der Waals surface area (Å²) in [6.07, 6.45) is 0. The number of ether oxygens (including phenoxy) is 1. The van der Waals surface area contributed by atoms with Crippen LogP contribution in [0.3, 0.4) is 0 Å². The van der Waals surface area contributed by atoms with Gasteiger partial charge in [-0.2, -0.15) is 4.98 Å². The molecule has 1 aromatic heterocycles. The van der Waals surface area contributed by atoms with Crippen LogP contribution in [0, 0.1) is 16.4 Å². The third kappa shape index (κ3) is 4.40. The van der Waals surface area contributed by atoms with Crippen LogP contribution in [0.15, 0.2) is 42.5 Å². The molecule has 0 aliphatic carbocycles. The van der Waals surface area contributed by atoms with E-state index in [-0.39, 0.29) is 12.1 Å². The van der Waals surface area contributed by atoms with Gasteiger partial charge in [-0.25, -0.2) is 13.5 Å². The standard InChI is InChI=1S/C19H20F2N4OS/c1-3-24(11-15-16(20)5-4-6-17(15)21)12-25-19(27)22-18(23-25)13-7-9-14(26-2)10-8-13/h4-10H,3,11-12H2,1-2H3,(H,22,23,27). The molecule has 0 aliphatic rings. The molecule has 0 aliphatic heterocycles. The lowest BCUT2D eigenvalue weighted by Crippen LogP contribution is -2.27. The van der Waals surface area contributed by atoms with E-state index < -0.39 is 11.6 Å². The van der Waals surface area contributed by atoms with Gasteiger partial charge < -0.3 is 4.74 Å². The molecule has 1 heterocycles. The summed E-state index contributed by atoms with van der Waals surface area (Å²) in [6.45, 7) is 2.98. The van der Waals surface area contributed by atoms with E-state index in [9.17, 15) is 8.78 Å². The summed E-state index contributed by atoms with van der Waals surface area (Å²) in [5.41, 5.74) is 0.907. The van der Waals surface area contributed by atoms with Gasteiger partial charge in [-0.15, -0.1) is 0 Å². The van der Waals surface area contributed by atoms with Crippen molar-refractivity contribution in [3.05, 3.63) is 64.4 Å². The van der Waals surface area contributed by atoms with Crippen molar-refractivity contribution in [1.29, 1.82) is 0 Å². The number of aromatic nitrogens is 3. The lowest BCUT2D eigenvalue weighted by Gasteiger charge is -2.21. The molecule has 0 atom stereocenters. The highest BCUT2D eigenvalue weighted by Gasteiger charge is 2.14. The van der Waals surface area contributed by atoms with E-state index in [0.29, 0.717) is 23.8 Å². The van der Waals surface area contributed by atoms with Crippen molar-refractivity contribution in [2.45, 2.75) is 20.1 Å². The predicted octanol–water partition coefficient (Wildman–Crippen LogP) is 4.37. The number of halogens is 2. The average Bonchev–Trinajstić information content (AvgIpc) is 3.04. The smallest absolute Gasteiger partial charge is 0.217 e. The molecule has 0 fully saturated rings. The van der Waals surface area contributed by atoms with Gasteiger partial charge in [-0.1, -0.05) is 13.0 Å². The maximum absolute atomic E-state index is 13.9. The molecule has 0 radical (unpaired) electrons. The highest BCUT2D eigenvalue weighted by molar-refractivity contribution is 7.71. The van der Waals surface area contributed by atoms with Crippen molar-refractivity contribution in [3.63, 3.8) is 0 Å². The summed E-state index contributed by atoms with van der Waals surface area (Å²) in [5, 5.41) is 3.15. The van der Waals surface area contributed by atoms with Crippen molar-refractivity contribution in [2.24, 2.45) is 0 Å². The maximum atomic E-state index is 13.9. The fourth-order valence-corrected chi connectivity index (χ4v) is 2.89. The second-order valence-electron chi connectivity index (χ2n) is 6.00. The van der Waals surface area contributed by atoms with Crippen LogP contribution in [-0.2, 0) is 13.2 Å².